The summed E-state index contributed by atoms with van der Waals surface area (Å²) >= 11 is 0. The van der Waals surface area contributed by atoms with Gasteiger partial charge < -0.3 is 9.64 Å². The van der Waals surface area contributed by atoms with E-state index in [2.05, 4.69) is 33.7 Å². The molecule has 0 spiro atoms. The van der Waals surface area contributed by atoms with Gasteiger partial charge in [-0.3, -0.25) is 19.4 Å². The van der Waals surface area contributed by atoms with E-state index in [1.54, 1.807) is 42.6 Å². The maximum Gasteiger partial charge on any atom is 0.264 e. The highest BCUT2D eigenvalue weighted by atomic mass is 32.2. The van der Waals surface area contributed by atoms with Gasteiger partial charge in [0.15, 0.2) is 0 Å². The monoisotopic (exact) mass is 572 g/mol. The number of ether oxygens (including phenoxy) is 1. The molecule has 0 atom stereocenters. The zero-order valence-electron chi connectivity index (χ0n) is 23.3. The van der Waals surface area contributed by atoms with E-state index in [4.69, 9.17) is 4.74 Å². The highest BCUT2D eigenvalue weighted by molar-refractivity contribution is 7.93. The topological polar surface area (TPSA) is 91.8 Å². The first-order valence-corrected chi connectivity index (χ1v) is 15.6. The molecule has 1 aliphatic rings. The molecule has 8 nitrogen and oxygen atoms in total. The predicted molar refractivity (Wildman–Crippen MR) is 162 cm³/mol. The molecule has 1 amide bonds. The number of sulfonamides is 1. The van der Waals surface area contributed by atoms with Crippen molar-refractivity contribution in [1.82, 2.24) is 14.8 Å². The molecule has 0 aliphatic carbocycles. The largest absolute Gasteiger partial charge is 0.494 e. The molecule has 5 rings (SSSR count). The van der Waals surface area contributed by atoms with Crippen LogP contribution in [0.3, 0.4) is 0 Å². The van der Waals surface area contributed by atoms with Crippen LogP contribution in [0.25, 0.3) is 10.9 Å². The van der Waals surface area contributed by atoms with E-state index in [1.807, 2.05) is 29.2 Å². The van der Waals surface area contributed by atoms with Crippen LogP contribution in [0.2, 0.25) is 0 Å². The van der Waals surface area contributed by atoms with Crippen molar-refractivity contribution in [2.45, 2.75) is 37.6 Å². The molecular formula is C32H36N4O4S. The lowest BCUT2D eigenvalue weighted by Gasteiger charge is -2.34. The van der Waals surface area contributed by atoms with Gasteiger partial charge in [-0.25, -0.2) is 8.42 Å². The fourth-order valence-electron chi connectivity index (χ4n) is 4.97. The Morgan fingerprint density at radius 1 is 0.902 bits per heavy atom. The zero-order chi connectivity index (χ0) is 28.7. The van der Waals surface area contributed by atoms with Gasteiger partial charge in [-0.15, -0.1) is 0 Å². The molecule has 41 heavy (non-hydrogen) atoms. The third-order valence-electron chi connectivity index (χ3n) is 7.27. The number of amides is 1. The van der Waals surface area contributed by atoms with Gasteiger partial charge in [0.1, 0.15) is 10.6 Å². The Bertz CT molecular complexity index is 1560. The Labute approximate surface area is 242 Å². The summed E-state index contributed by atoms with van der Waals surface area (Å²) in [6, 6.07) is 23.5. The molecule has 214 valence electrons. The third-order valence-corrected chi connectivity index (χ3v) is 8.69. The SMILES string of the molecule is CCCCCOc1ccc(CN2CCN(C(=O)c3ccc(NS(=O)(=O)c4cccc5cccnc45)cc3)CC2)cc1. The Kier molecular flexibility index (Phi) is 9.16. The lowest BCUT2D eigenvalue weighted by Crippen LogP contribution is -2.48. The highest BCUT2D eigenvalue weighted by Crippen LogP contribution is 2.24. The molecule has 1 saturated heterocycles. The van der Waals surface area contributed by atoms with Crippen LogP contribution >= 0.6 is 0 Å². The van der Waals surface area contributed by atoms with E-state index in [0.717, 1.165) is 43.8 Å². The number of nitrogens with zero attached hydrogens (tertiary/aromatic N) is 3. The van der Waals surface area contributed by atoms with Gasteiger partial charge in [-0.2, -0.15) is 0 Å². The number of unbranched alkanes of at least 4 members (excludes halogenated alkanes) is 2. The number of aromatic nitrogens is 1. The summed E-state index contributed by atoms with van der Waals surface area (Å²) in [7, 11) is -3.85. The second kappa shape index (κ2) is 13.1. The average molecular weight is 573 g/mol. The Hall–Kier alpha value is -3.95. The van der Waals surface area contributed by atoms with Crippen molar-refractivity contribution in [3.63, 3.8) is 0 Å². The number of hydrogen-bond acceptors (Lipinski definition) is 6. The number of carbonyl (C=O) groups is 1. The summed E-state index contributed by atoms with van der Waals surface area (Å²) in [4.78, 5) is 21.7. The normalized spacial score (nSPS) is 14.2. The molecule has 1 aromatic heterocycles. The van der Waals surface area contributed by atoms with E-state index < -0.39 is 10.0 Å². The van der Waals surface area contributed by atoms with Crippen LogP contribution in [0.15, 0.2) is 90.0 Å². The quantitative estimate of drug-likeness (QED) is 0.237. The molecule has 0 saturated carbocycles. The van der Waals surface area contributed by atoms with Gasteiger partial charge in [0, 0.05) is 55.6 Å². The van der Waals surface area contributed by atoms with E-state index in [1.165, 1.54) is 24.5 Å². The standard InChI is InChI=1S/C32H36N4O4S/c1-2-3-4-23-40-29-16-10-25(11-17-29)24-35-19-21-36(22-20-35)32(37)27-12-14-28(15-13-27)34-41(38,39)30-9-5-7-26-8-6-18-33-31(26)30/h5-18,34H,2-4,19-24H2,1H3. The van der Waals surface area contributed by atoms with Crippen molar-refractivity contribution in [3.05, 3.63) is 96.2 Å². The molecule has 3 aromatic carbocycles. The maximum atomic E-state index is 13.1. The van der Waals surface area contributed by atoms with Gasteiger partial charge in [-0.05, 0) is 60.5 Å². The Morgan fingerprint density at radius 3 is 2.37 bits per heavy atom. The zero-order valence-corrected chi connectivity index (χ0v) is 24.1. The Balaban J connectivity index is 1.13. The molecule has 9 heteroatoms. The number of carbonyl (C=O) groups excluding carboxylic acids is 1. The number of rotatable bonds is 11. The molecule has 2 heterocycles. The number of piperazine rings is 1. The summed E-state index contributed by atoms with van der Waals surface area (Å²) in [6.45, 7) is 6.63. The number of para-hydroxylation sites is 1. The van der Waals surface area contributed by atoms with E-state index in [0.29, 0.717) is 29.9 Å². The predicted octanol–water partition coefficient (Wildman–Crippen LogP) is 5.56. The van der Waals surface area contributed by atoms with Crippen molar-refractivity contribution in [1.29, 1.82) is 0 Å². The minimum absolute atomic E-state index is 0.0538. The van der Waals surface area contributed by atoms with Crippen molar-refractivity contribution in [2.24, 2.45) is 0 Å². The van der Waals surface area contributed by atoms with Crippen molar-refractivity contribution >= 4 is 32.5 Å². The maximum absolute atomic E-state index is 13.1. The molecule has 0 radical (unpaired) electrons. The lowest BCUT2D eigenvalue weighted by molar-refractivity contribution is 0.0628. The van der Waals surface area contributed by atoms with Gasteiger partial charge in [0.2, 0.25) is 0 Å². The smallest absolute Gasteiger partial charge is 0.264 e. The summed E-state index contributed by atoms with van der Waals surface area (Å²) in [5, 5.41) is 0.747. The van der Waals surface area contributed by atoms with Crippen LogP contribution in [-0.4, -0.2) is 61.9 Å². The first kappa shape index (κ1) is 28.6. The number of nitrogens with one attached hydrogen (secondary N) is 1. The molecule has 1 fully saturated rings. The van der Waals surface area contributed by atoms with Crippen LogP contribution in [0.4, 0.5) is 5.69 Å². The number of anilines is 1. The fourth-order valence-corrected chi connectivity index (χ4v) is 6.21. The van der Waals surface area contributed by atoms with Crippen LogP contribution < -0.4 is 9.46 Å². The van der Waals surface area contributed by atoms with E-state index >= 15 is 0 Å². The lowest BCUT2D eigenvalue weighted by atomic mass is 10.1. The fraction of sp³-hybridized carbons (Fsp3) is 0.312. The van der Waals surface area contributed by atoms with Gasteiger partial charge in [0.05, 0.1) is 12.1 Å². The summed E-state index contributed by atoms with van der Waals surface area (Å²) in [5.41, 5.74) is 2.56. The number of fused-ring (bicyclic) bond motifs is 1. The van der Waals surface area contributed by atoms with Crippen LogP contribution in [0.5, 0.6) is 5.75 Å². The van der Waals surface area contributed by atoms with Crippen molar-refractivity contribution < 1.29 is 17.9 Å². The third kappa shape index (κ3) is 7.23. The summed E-state index contributed by atoms with van der Waals surface area (Å²) in [6.07, 6.45) is 5.02. The summed E-state index contributed by atoms with van der Waals surface area (Å²) in [5.74, 6) is 0.853. The van der Waals surface area contributed by atoms with Gasteiger partial charge >= 0.3 is 0 Å². The van der Waals surface area contributed by atoms with Crippen LogP contribution in [-0.2, 0) is 16.6 Å². The van der Waals surface area contributed by atoms with Gasteiger partial charge in [0.25, 0.3) is 15.9 Å². The van der Waals surface area contributed by atoms with E-state index in [-0.39, 0.29) is 10.8 Å². The van der Waals surface area contributed by atoms with Crippen molar-refractivity contribution in [3.8, 4) is 5.75 Å². The molecule has 4 aromatic rings. The number of benzene rings is 3. The van der Waals surface area contributed by atoms with Crippen LogP contribution in [0, 0.1) is 0 Å². The first-order chi connectivity index (χ1) is 19.9. The van der Waals surface area contributed by atoms with Crippen molar-refractivity contribution in [2.75, 3.05) is 37.5 Å². The number of hydrogen-bond donors (Lipinski definition) is 1. The minimum atomic E-state index is -3.85. The molecule has 0 bridgehead atoms. The minimum Gasteiger partial charge on any atom is -0.494 e. The molecule has 0 unspecified atom stereocenters. The molecular weight excluding hydrogens is 536 g/mol. The molecule has 1 aliphatic heterocycles. The van der Waals surface area contributed by atoms with Crippen LogP contribution in [0.1, 0.15) is 42.1 Å². The second-order valence-corrected chi connectivity index (χ2v) is 11.9. The average Bonchev–Trinajstić information content (AvgIpc) is 3.00. The second-order valence-electron chi connectivity index (χ2n) is 10.3. The van der Waals surface area contributed by atoms with Gasteiger partial charge in [-0.1, -0.05) is 50.1 Å². The number of pyridine rings is 1. The summed E-state index contributed by atoms with van der Waals surface area (Å²) < 4.78 is 34.6. The highest BCUT2D eigenvalue weighted by Gasteiger charge is 2.23. The Morgan fingerprint density at radius 2 is 1.63 bits per heavy atom. The first-order valence-electron chi connectivity index (χ1n) is 14.1. The molecule has 1 N–H and O–H groups in total. The van der Waals surface area contributed by atoms with E-state index in [9.17, 15) is 13.2 Å².